The molecule has 1 aliphatic rings. The SMILES string of the molecule is COC[C@H](C)n1cc(C(=O)NCc2cc3n(n2)CCCO3)c(C)n1. The van der Waals surface area contributed by atoms with Gasteiger partial charge in [-0.15, -0.1) is 0 Å². The monoisotopic (exact) mass is 333 g/mol. The molecule has 2 aromatic rings. The van der Waals surface area contributed by atoms with Crippen LogP contribution in [0.5, 0.6) is 5.88 Å². The molecule has 0 spiro atoms. The maximum absolute atomic E-state index is 12.4. The normalized spacial score (nSPS) is 14.8. The van der Waals surface area contributed by atoms with E-state index in [1.807, 2.05) is 24.6 Å². The van der Waals surface area contributed by atoms with Gasteiger partial charge in [0, 0.05) is 32.3 Å². The van der Waals surface area contributed by atoms with Crippen molar-refractivity contribution in [2.45, 2.75) is 39.4 Å². The number of carbonyl (C=O) groups excluding carboxylic acids is 1. The van der Waals surface area contributed by atoms with E-state index in [1.165, 1.54) is 0 Å². The summed E-state index contributed by atoms with van der Waals surface area (Å²) in [5.74, 6) is 0.609. The second-order valence-corrected chi connectivity index (χ2v) is 5.99. The van der Waals surface area contributed by atoms with Crippen LogP contribution in [0.15, 0.2) is 12.3 Å². The minimum atomic E-state index is -0.157. The number of aryl methyl sites for hydroxylation is 2. The molecule has 0 fully saturated rings. The summed E-state index contributed by atoms with van der Waals surface area (Å²) >= 11 is 0. The van der Waals surface area contributed by atoms with Crippen molar-refractivity contribution >= 4 is 5.91 Å². The Bertz CT molecular complexity index is 698. The number of amides is 1. The molecule has 8 heteroatoms. The number of nitrogens with zero attached hydrogens (tertiary/aromatic N) is 4. The van der Waals surface area contributed by atoms with E-state index in [4.69, 9.17) is 9.47 Å². The van der Waals surface area contributed by atoms with E-state index >= 15 is 0 Å². The van der Waals surface area contributed by atoms with Gasteiger partial charge in [0.1, 0.15) is 0 Å². The lowest BCUT2D eigenvalue weighted by atomic mass is 10.2. The molecule has 130 valence electrons. The zero-order valence-corrected chi connectivity index (χ0v) is 14.3. The van der Waals surface area contributed by atoms with Crippen molar-refractivity contribution in [3.05, 3.63) is 29.2 Å². The van der Waals surface area contributed by atoms with Gasteiger partial charge in [-0.05, 0) is 13.8 Å². The Morgan fingerprint density at radius 2 is 2.33 bits per heavy atom. The van der Waals surface area contributed by atoms with Crippen LogP contribution in [0, 0.1) is 6.92 Å². The Kier molecular flexibility index (Phi) is 4.84. The number of rotatable bonds is 6. The molecule has 0 radical (unpaired) electrons. The molecule has 8 nitrogen and oxygen atoms in total. The number of fused-ring (bicyclic) bond motifs is 1. The molecule has 2 aromatic heterocycles. The lowest BCUT2D eigenvalue weighted by Crippen LogP contribution is -2.23. The van der Waals surface area contributed by atoms with E-state index in [2.05, 4.69) is 15.5 Å². The van der Waals surface area contributed by atoms with Crippen LogP contribution in [0.25, 0.3) is 0 Å². The van der Waals surface area contributed by atoms with Crippen molar-refractivity contribution in [2.75, 3.05) is 20.3 Å². The Morgan fingerprint density at radius 3 is 3.08 bits per heavy atom. The molecule has 3 rings (SSSR count). The molecule has 1 N–H and O–H groups in total. The highest BCUT2D eigenvalue weighted by molar-refractivity contribution is 5.94. The second kappa shape index (κ2) is 7.04. The molecular formula is C16H23N5O3. The van der Waals surface area contributed by atoms with Crippen LogP contribution in [0.1, 0.15) is 41.1 Å². The largest absolute Gasteiger partial charge is 0.478 e. The third kappa shape index (κ3) is 3.43. The highest BCUT2D eigenvalue weighted by Gasteiger charge is 2.17. The number of methoxy groups -OCH3 is 1. The minimum Gasteiger partial charge on any atom is -0.478 e. The highest BCUT2D eigenvalue weighted by atomic mass is 16.5. The van der Waals surface area contributed by atoms with Crippen LogP contribution in [-0.4, -0.2) is 45.8 Å². The number of aromatic nitrogens is 4. The summed E-state index contributed by atoms with van der Waals surface area (Å²) in [5.41, 5.74) is 2.05. The highest BCUT2D eigenvalue weighted by Crippen LogP contribution is 2.18. The average molecular weight is 333 g/mol. The number of nitrogens with one attached hydrogen (secondary N) is 1. The molecule has 0 bridgehead atoms. The Labute approximate surface area is 140 Å². The fraction of sp³-hybridized carbons (Fsp3) is 0.562. The molecular weight excluding hydrogens is 310 g/mol. The van der Waals surface area contributed by atoms with Gasteiger partial charge in [-0.2, -0.15) is 10.2 Å². The first-order chi connectivity index (χ1) is 11.6. The molecule has 0 saturated heterocycles. The van der Waals surface area contributed by atoms with Crippen LogP contribution in [0.2, 0.25) is 0 Å². The van der Waals surface area contributed by atoms with Crippen molar-refractivity contribution < 1.29 is 14.3 Å². The van der Waals surface area contributed by atoms with Crippen LogP contribution < -0.4 is 10.1 Å². The van der Waals surface area contributed by atoms with E-state index in [1.54, 1.807) is 18.0 Å². The third-order valence-electron chi connectivity index (χ3n) is 4.01. The molecule has 0 unspecified atom stereocenters. The van der Waals surface area contributed by atoms with Crippen LogP contribution >= 0.6 is 0 Å². The Balaban J connectivity index is 1.63. The van der Waals surface area contributed by atoms with E-state index in [0.29, 0.717) is 24.4 Å². The van der Waals surface area contributed by atoms with Gasteiger partial charge in [-0.1, -0.05) is 0 Å². The summed E-state index contributed by atoms with van der Waals surface area (Å²) in [7, 11) is 1.65. The molecule has 1 aliphatic heterocycles. The van der Waals surface area contributed by atoms with Gasteiger partial charge in [-0.3, -0.25) is 9.48 Å². The van der Waals surface area contributed by atoms with Crippen LogP contribution in [-0.2, 0) is 17.8 Å². The lowest BCUT2D eigenvalue weighted by molar-refractivity contribution is 0.0949. The third-order valence-corrected chi connectivity index (χ3v) is 4.01. The quantitative estimate of drug-likeness (QED) is 0.862. The summed E-state index contributed by atoms with van der Waals surface area (Å²) in [4.78, 5) is 12.4. The second-order valence-electron chi connectivity index (χ2n) is 5.99. The van der Waals surface area contributed by atoms with Crippen molar-refractivity contribution in [3.8, 4) is 5.88 Å². The minimum absolute atomic E-state index is 0.0762. The molecule has 1 amide bonds. The first kappa shape index (κ1) is 16.5. The van der Waals surface area contributed by atoms with Gasteiger partial charge in [-0.25, -0.2) is 4.68 Å². The number of carbonyl (C=O) groups is 1. The van der Waals surface area contributed by atoms with E-state index in [9.17, 15) is 4.79 Å². The zero-order valence-electron chi connectivity index (χ0n) is 14.3. The molecule has 24 heavy (non-hydrogen) atoms. The van der Waals surface area contributed by atoms with E-state index in [0.717, 1.165) is 31.1 Å². The van der Waals surface area contributed by atoms with Gasteiger partial charge < -0.3 is 14.8 Å². The first-order valence-electron chi connectivity index (χ1n) is 8.11. The summed E-state index contributed by atoms with van der Waals surface area (Å²) in [6, 6.07) is 1.95. The zero-order chi connectivity index (χ0) is 17.1. The van der Waals surface area contributed by atoms with Crippen molar-refractivity contribution in [2.24, 2.45) is 0 Å². The van der Waals surface area contributed by atoms with Crippen molar-refractivity contribution in [1.82, 2.24) is 24.9 Å². The average Bonchev–Trinajstić information content (AvgIpc) is 3.16. The first-order valence-corrected chi connectivity index (χ1v) is 8.11. The maximum Gasteiger partial charge on any atom is 0.255 e. The predicted molar refractivity (Wildman–Crippen MR) is 87.1 cm³/mol. The molecule has 1 atom stereocenters. The van der Waals surface area contributed by atoms with Crippen molar-refractivity contribution in [3.63, 3.8) is 0 Å². The fourth-order valence-corrected chi connectivity index (χ4v) is 2.72. The Hall–Kier alpha value is -2.35. The predicted octanol–water partition coefficient (Wildman–Crippen LogP) is 1.31. The van der Waals surface area contributed by atoms with Gasteiger partial charge in [0.05, 0.1) is 42.8 Å². The topological polar surface area (TPSA) is 83.2 Å². The summed E-state index contributed by atoms with van der Waals surface area (Å²) < 4.78 is 14.3. The van der Waals surface area contributed by atoms with Gasteiger partial charge in [0.15, 0.2) is 0 Å². The van der Waals surface area contributed by atoms with E-state index in [-0.39, 0.29) is 11.9 Å². The molecule has 3 heterocycles. The lowest BCUT2D eigenvalue weighted by Gasteiger charge is -2.13. The summed E-state index contributed by atoms with van der Waals surface area (Å²) in [5, 5.41) is 11.7. The number of hydrogen-bond acceptors (Lipinski definition) is 5. The fourth-order valence-electron chi connectivity index (χ4n) is 2.72. The maximum atomic E-state index is 12.4. The molecule has 0 aromatic carbocycles. The molecule has 0 saturated carbocycles. The van der Waals surface area contributed by atoms with Crippen LogP contribution in [0.4, 0.5) is 0 Å². The standard InChI is InChI=1S/C16H23N5O3/c1-11(10-23-3)21-9-14(12(2)18-21)16(22)17-8-13-7-15-20(19-13)5-4-6-24-15/h7,9,11H,4-6,8,10H2,1-3H3,(H,17,22)/t11-/m0/s1. The van der Waals surface area contributed by atoms with Crippen LogP contribution in [0.3, 0.4) is 0 Å². The van der Waals surface area contributed by atoms with Gasteiger partial charge in [0.2, 0.25) is 5.88 Å². The number of hydrogen-bond donors (Lipinski definition) is 1. The summed E-state index contributed by atoms with van der Waals surface area (Å²) in [6.07, 6.45) is 2.72. The summed E-state index contributed by atoms with van der Waals surface area (Å²) in [6.45, 7) is 6.30. The van der Waals surface area contributed by atoms with Gasteiger partial charge >= 0.3 is 0 Å². The molecule has 0 aliphatic carbocycles. The smallest absolute Gasteiger partial charge is 0.255 e. The number of ether oxygens (including phenoxy) is 2. The Morgan fingerprint density at radius 1 is 1.50 bits per heavy atom. The van der Waals surface area contributed by atoms with Crippen molar-refractivity contribution in [1.29, 1.82) is 0 Å². The van der Waals surface area contributed by atoms with Gasteiger partial charge in [0.25, 0.3) is 5.91 Å². The van der Waals surface area contributed by atoms with E-state index < -0.39 is 0 Å².